The quantitative estimate of drug-likeness (QED) is 0.408. The Morgan fingerprint density at radius 2 is 1.45 bits per heavy atom. The molecule has 3 nitrogen and oxygen atoms in total. The van der Waals surface area contributed by atoms with Gasteiger partial charge in [0, 0.05) is 11.1 Å². The van der Waals surface area contributed by atoms with Crippen LogP contribution in [0.1, 0.15) is 10.4 Å². The SMILES string of the molecule is CSc1nc(-c2ccccc2)nc(-c2ccccc2)c1C=O. The zero-order valence-corrected chi connectivity index (χ0v) is 12.9. The number of hydrogen-bond acceptors (Lipinski definition) is 4. The Morgan fingerprint density at radius 3 is 2.00 bits per heavy atom. The average Bonchev–Trinajstić information content (AvgIpc) is 2.62. The highest BCUT2D eigenvalue weighted by Gasteiger charge is 2.15. The first-order chi connectivity index (χ1) is 10.8. The second-order valence-corrected chi connectivity index (χ2v) is 5.46. The Morgan fingerprint density at radius 1 is 0.864 bits per heavy atom. The number of rotatable bonds is 4. The van der Waals surface area contributed by atoms with Crippen molar-refractivity contribution in [3.63, 3.8) is 0 Å². The maximum absolute atomic E-state index is 11.5. The number of nitrogens with zero attached hydrogens (tertiary/aromatic N) is 2. The summed E-state index contributed by atoms with van der Waals surface area (Å²) in [6.07, 6.45) is 2.75. The fourth-order valence-corrected chi connectivity index (χ4v) is 2.79. The molecule has 2 aromatic carbocycles. The van der Waals surface area contributed by atoms with Gasteiger partial charge in [0.2, 0.25) is 0 Å². The minimum absolute atomic E-state index is 0.540. The lowest BCUT2D eigenvalue weighted by atomic mass is 10.1. The highest BCUT2D eigenvalue weighted by molar-refractivity contribution is 7.98. The molecule has 0 spiro atoms. The molecule has 0 amide bonds. The Kier molecular flexibility index (Phi) is 4.30. The lowest BCUT2D eigenvalue weighted by Gasteiger charge is -2.10. The van der Waals surface area contributed by atoms with E-state index in [2.05, 4.69) is 9.97 Å². The first-order valence-corrected chi connectivity index (χ1v) is 8.08. The number of benzene rings is 2. The summed E-state index contributed by atoms with van der Waals surface area (Å²) in [5.74, 6) is 0.634. The topological polar surface area (TPSA) is 42.9 Å². The normalized spacial score (nSPS) is 10.4. The van der Waals surface area contributed by atoms with Gasteiger partial charge < -0.3 is 0 Å². The molecule has 4 heteroatoms. The fraction of sp³-hybridized carbons (Fsp3) is 0.0556. The largest absolute Gasteiger partial charge is 0.298 e. The highest BCUT2D eigenvalue weighted by atomic mass is 32.2. The summed E-state index contributed by atoms with van der Waals surface area (Å²) in [6, 6.07) is 19.5. The van der Waals surface area contributed by atoms with E-state index in [0.29, 0.717) is 22.1 Å². The Balaban J connectivity index is 2.25. The maximum Gasteiger partial charge on any atom is 0.161 e. The van der Waals surface area contributed by atoms with Crippen LogP contribution in [0.15, 0.2) is 65.7 Å². The lowest BCUT2D eigenvalue weighted by Crippen LogP contribution is -2.01. The monoisotopic (exact) mass is 306 g/mol. The van der Waals surface area contributed by atoms with Crippen LogP contribution < -0.4 is 0 Å². The number of hydrogen-bond donors (Lipinski definition) is 0. The summed E-state index contributed by atoms with van der Waals surface area (Å²) < 4.78 is 0. The zero-order chi connectivity index (χ0) is 15.4. The molecule has 3 aromatic rings. The van der Waals surface area contributed by atoms with Gasteiger partial charge in [-0.2, -0.15) is 0 Å². The Labute approximate surface area is 133 Å². The number of carbonyl (C=O) groups is 1. The summed E-state index contributed by atoms with van der Waals surface area (Å²) >= 11 is 1.46. The van der Waals surface area contributed by atoms with Gasteiger partial charge in [-0.3, -0.25) is 4.79 Å². The molecule has 22 heavy (non-hydrogen) atoms. The van der Waals surface area contributed by atoms with Gasteiger partial charge in [0.1, 0.15) is 5.03 Å². The molecular formula is C18H14N2OS. The second-order valence-electron chi connectivity index (χ2n) is 4.67. The third-order valence-corrected chi connectivity index (χ3v) is 4.00. The molecule has 3 rings (SSSR count). The van der Waals surface area contributed by atoms with Crippen LogP contribution >= 0.6 is 11.8 Å². The van der Waals surface area contributed by atoms with Gasteiger partial charge in [0.15, 0.2) is 12.1 Å². The average molecular weight is 306 g/mol. The van der Waals surface area contributed by atoms with Crippen molar-refractivity contribution in [2.24, 2.45) is 0 Å². The molecule has 0 bridgehead atoms. The van der Waals surface area contributed by atoms with Gasteiger partial charge in [0.25, 0.3) is 0 Å². The van der Waals surface area contributed by atoms with Gasteiger partial charge in [-0.05, 0) is 6.26 Å². The van der Waals surface area contributed by atoms with Crippen LogP contribution in [0.5, 0.6) is 0 Å². The molecule has 108 valence electrons. The second kappa shape index (κ2) is 6.54. The van der Waals surface area contributed by atoms with Crippen molar-refractivity contribution < 1.29 is 4.79 Å². The van der Waals surface area contributed by atoms with Gasteiger partial charge >= 0.3 is 0 Å². The van der Waals surface area contributed by atoms with Crippen LogP contribution in [0.25, 0.3) is 22.6 Å². The first-order valence-electron chi connectivity index (χ1n) is 6.85. The third-order valence-electron chi connectivity index (χ3n) is 3.30. The number of thioether (sulfide) groups is 1. The van der Waals surface area contributed by atoms with Gasteiger partial charge in [0.05, 0.1) is 11.3 Å². The molecule has 0 saturated heterocycles. The van der Waals surface area contributed by atoms with E-state index in [1.807, 2.05) is 66.9 Å². The van der Waals surface area contributed by atoms with Crippen molar-refractivity contribution in [3.05, 3.63) is 66.2 Å². The third kappa shape index (κ3) is 2.78. The van der Waals surface area contributed by atoms with Crippen LogP contribution in [0, 0.1) is 0 Å². The van der Waals surface area contributed by atoms with Gasteiger partial charge in [-0.1, -0.05) is 60.7 Å². The van der Waals surface area contributed by atoms with E-state index in [1.165, 1.54) is 11.8 Å². The fourth-order valence-electron chi connectivity index (χ4n) is 2.24. The van der Waals surface area contributed by atoms with Gasteiger partial charge in [-0.25, -0.2) is 9.97 Å². The number of aromatic nitrogens is 2. The number of carbonyl (C=O) groups excluding carboxylic acids is 1. The van der Waals surface area contributed by atoms with Crippen LogP contribution in [0.2, 0.25) is 0 Å². The van der Waals surface area contributed by atoms with E-state index >= 15 is 0 Å². The molecule has 1 heterocycles. The molecule has 1 aromatic heterocycles. The Hall–Kier alpha value is -2.46. The molecular weight excluding hydrogens is 292 g/mol. The van der Waals surface area contributed by atoms with Crippen LogP contribution in [0.3, 0.4) is 0 Å². The molecule has 0 aliphatic rings. The van der Waals surface area contributed by atoms with Crippen molar-refractivity contribution in [2.45, 2.75) is 5.03 Å². The van der Waals surface area contributed by atoms with E-state index in [0.717, 1.165) is 17.4 Å². The van der Waals surface area contributed by atoms with Crippen molar-refractivity contribution in [3.8, 4) is 22.6 Å². The van der Waals surface area contributed by atoms with Crippen molar-refractivity contribution in [1.29, 1.82) is 0 Å². The maximum atomic E-state index is 11.5. The molecule has 0 fully saturated rings. The predicted octanol–water partition coefficient (Wildman–Crippen LogP) is 4.35. The van der Waals surface area contributed by atoms with E-state index in [-0.39, 0.29) is 0 Å². The molecule has 0 aliphatic heterocycles. The van der Waals surface area contributed by atoms with E-state index in [4.69, 9.17) is 0 Å². The molecule has 0 atom stereocenters. The lowest BCUT2D eigenvalue weighted by molar-refractivity contribution is 0.112. The van der Waals surface area contributed by atoms with E-state index in [9.17, 15) is 4.79 Å². The van der Waals surface area contributed by atoms with Gasteiger partial charge in [-0.15, -0.1) is 11.8 Å². The molecule has 0 radical (unpaired) electrons. The molecule has 0 unspecified atom stereocenters. The van der Waals surface area contributed by atoms with Crippen molar-refractivity contribution in [1.82, 2.24) is 9.97 Å². The highest BCUT2D eigenvalue weighted by Crippen LogP contribution is 2.29. The van der Waals surface area contributed by atoms with E-state index < -0.39 is 0 Å². The first kappa shape index (κ1) is 14.5. The molecule has 0 saturated carbocycles. The minimum atomic E-state index is 0.540. The van der Waals surface area contributed by atoms with Crippen LogP contribution in [-0.2, 0) is 0 Å². The van der Waals surface area contributed by atoms with E-state index in [1.54, 1.807) is 0 Å². The van der Waals surface area contributed by atoms with Crippen LogP contribution in [0.4, 0.5) is 0 Å². The summed E-state index contributed by atoms with van der Waals surface area (Å²) in [4.78, 5) is 20.7. The molecule has 0 N–H and O–H groups in total. The summed E-state index contributed by atoms with van der Waals surface area (Å²) in [6.45, 7) is 0. The minimum Gasteiger partial charge on any atom is -0.298 e. The van der Waals surface area contributed by atoms with Crippen LogP contribution in [-0.4, -0.2) is 22.5 Å². The summed E-state index contributed by atoms with van der Waals surface area (Å²) in [7, 11) is 0. The summed E-state index contributed by atoms with van der Waals surface area (Å²) in [5.41, 5.74) is 3.07. The zero-order valence-electron chi connectivity index (χ0n) is 12.1. The van der Waals surface area contributed by atoms with Crippen molar-refractivity contribution >= 4 is 18.0 Å². The smallest absolute Gasteiger partial charge is 0.161 e. The number of aldehydes is 1. The Bertz CT molecular complexity index is 789. The molecule has 0 aliphatic carbocycles. The summed E-state index contributed by atoms with van der Waals surface area (Å²) in [5, 5.41) is 0.697. The van der Waals surface area contributed by atoms with Crippen molar-refractivity contribution in [2.75, 3.05) is 6.26 Å². The standard InChI is InChI=1S/C18H14N2OS/c1-22-18-15(12-21)16(13-8-4-2-5-9-13)19-17(20-18)14-10-6-3-7-11-14/h2-12H,1H3. The predicted molar refractivity (Wildman–Crippen MR) is 90.1 cm³/mol.